The van der Waals surface area contributed by atoms with E-state index in [1.807, 2.05) is 23.5 Å². The molecule has 0 atom stereocenters. The van der Waals surface area contributed by atoms with Gasteiger partial charge in [0.25, 0.3) is 0 Å². The van der Waals surface area contributed by atoms with Crippen molar-refractivity contribution in [2.45, 2.75) is 57.8 Å². The molecule has 0 unspecified atom stereocenters. The number of hydrogen-bond acceptors (Lipinski definition) is 5. The molecule has 0 spiro atoms. The second-order valence-electron chi connectivity index (χ2n) is 42.8. The maximum atomic E-state index is 6.36. The summed E-state index contributed by atoms with van der Waals surface area (Å²) in [5.74, 6) is 0. The largest absolute Gasteiger partial charge is 0.456 e. The number of fused-ring (bicyclic) bond motifs is 9. The van der Waals surface area contributed by atoms with Gasteiger partial charge in [-0.1, -0.05) is 302 Å². The molecule has 0 N–H and O–H groups in total. The highest BCUT2D eigenvalue weighted by Crippen LogP contribution is 2.64. The Balaban J connectivity index is 0.0000000993. The van der Waals surface area contributed by atoms with E-state index in [1.54, 1.807) is 0 Å². The minimum Gasteiger partial charge on any atom is -0.456 e. The average molecular weight is 1920 g/mol. The Morgan fingerprint density at radius 2 is 0.530 bits per heavy atom. The molecule has 0 aliphatic heterocycles. The van der Waals surface area contributed by atoms with Gasteiger partial charge in [0.15, 0.2) is 0 Å². The normalized spacial score (nSPS) is 13.7. The van der Waals surface area contributed by atoms with Gasteiger partial charge in [-0.15, -0.1) is 11.3 Å². The molecule has 5 heterocycles. The molecule has 6 aliphatic rings. The summed E-state index contributed by atoms with van der Waals surface area (Å²) in [5.41, 5.74) is 47.5. The van der Waals surface area contributed by atoms with Crippen molar-refractivity contribution in [2.75, 3.05) is 14.7 Å². The highest BCUT2D eigenvalue weighted by atomic mass is 32.1. The number of anilines is 9. The summed E-state index contributed by atoms with van der Waals surface area (Å²) in [4.78, 5) is 7.05. The first-order valence-electron chi connectivity index (χ1n) is 52.0. The first kappa shape index (κ1) is 84.1. The number of furan rings is 1. The fourth-order valence-corrected chi connectivity index (χ4v) is 28.7. The van der Waals surface area contributed by atoms with Crippen LogP contribution in [-0.4, -0.2) is 13.7 Å². The molecule has 0 fully saturated rings. The fraction of sp³-hybridized carbons (Fsp3) is 0.0638. The minimum absolute atomic E-state index is 0.0375. The van der Waals surface area contributed by atoms with Crippen molar-refractivity contribution in [3.05, 3.63) is 494 Å². The van der Waals surface area contributed by atoms with Gasteiger partial charge in [0.1, 0.15) is 11.2 Å². The summed E-state index contributed by atoms with van der Waals surface area (Å²) in [6, 6.07) is 170. The molecule has 0 radical (unpaired) electrons. The number of para-hydroxylation sites is 5. The number of rotatable bonds is 12. The molecule has 5 aromatic heterocycles. The third-order valence-corrected chi connectivity index (χ3v) is 35.2. The van der Waals surface area contributed by atoms with Gasteiger partial charge in [0, 0.05) is 159 Å². The Kier molecular flexibility index (Phi) is 17.4. The van der Waals surface area contributed by atoms with E-state index >= 15 is 0 Å². The number of benzene rings is 23. The molecule has 7 nitrogen and oxygen atoms in total. The molecule has 700 valence electrons. The van der Waals surface area contributed by atoms with Gasteiger partial charge in [0.2, 0.25) is 0 Å². The van der Waals surface area contributed by atoms with Crippen molar-refractivity contribution in [3.63, 3.8) is 0 Å². The van der Waals surface area contributed by atoms with Crippen LogP contribution in [0.25, 0.3) is 224 Å². The predicted molar refractivity (Wildman–Crippen MR) is 629 cm³/mol. The predicted octanol–water partition coefficient (Wildman–Crippen LogP) is 39.3. The third kappa shape index (κ3) is 11.7. The van der Waals surface area contributed by atoms with Crippen LogP contribution in [0.5, 0.6) is 0 Å². The van der Waals surface area contributed by atoms with Gasteiger partial charge in [-0.05, 0) is 321 Å². The van der Waals surface area contributed by atoms with Crippen LogP contribution in [0, 0.1) is 0 Å². The zero-order chi connectivity index (χ0) is 98.5. The number of nitrogens with zero attached hydrogens (tertiary/aromatic N) is 6. The maximum Gasteiger partial charge on any atom is 0.137 e. The quantitative estimate of drug-likeness (QED) is 0.122. The Morgan fingerprint density at radius 1 is 0.188 bits per heavy atom. The second-order valence-corrected chi connectivity index (χ2v) is 43.8. The summed E-state index contributed by atoms with van der Waals surface area (Å²) in [6.07, 6.45) is 0. The van der Waals surface area contributed by atoms with E-state index in [2.05, 4.69) is 519 Å². The van der Waals surface area contributed by atoms with E-state index in [0.29, 0.717) is 0 Å². The summed E-state index contributed by atoms with van der Waals surface area (Å²) in [6.45, 7) is 14.3. The zero-order valence-electron chi connectivity index (χ0n) is 82.9. The maximum absolute atomic E-state index is 6.36. The molecule has 149 heavy (non-hydrogen) atoms. The van der Waals surface area contributed by atoms with Gasteiger partial charge in [-0.3, -0.25) is 0 Å². The van der Waals surface area contributed by atoms with Crippen molar-refractivity contribution < 1.29 is 4.42 Å². The third-order valence-electron chi connectivity index (χ3n) is 34.0. The van der Waals surface area contributed by atoms with Crippen molar-refractivity contribution in [1.82, 2.24) is 13.7 Å². The van der Waals surface area contributed by atoms with Crippen LogP contribution >= 0.6 is 11.3 Å². The highest BCUT2D eigenvalue weighted by molar-refractivity contribution is 7.26. The van der Waals surface area contributed by atoms with E-state index < -0.39 is 0 Å². The highest BCUT2D eigenvalue weighted by Gasteiger charge is 2.44. The standard InChI is InChI=1S/C52H38N2.C46H26N2OS.C43H30N2/c1-51(2)40-17-9-8-14-36(40)37-27-26-35(30-43(37)51)53(32-12-6-5-7-13-32)33-22-24-34(25-23-33)54-44-19-11-16-39-38-15-10-18-41-47(38)49-42(52(41,3)4)28-20-31-21-29-45(54)50(46(31)49)48(39)44;1-2-9-28(10-3-1)47(31-21-22-33-32-13-4-5-17-38(32)49-39(33)26-31)29-11-6-12-30(25-29)48-36-16-7-14-34-35-15-8-18-40-44(35)46-41(50-40)24-20-27-19-23-37(48)45(42(27)46)43(34)36;1-43(2)34-17-9-15-32-33-16-10-18-36-40(33)42-37(26-20-27-19-25-35(43)41(38(27)42)39(32)34)45(36)31-23-21-30(22-24-31)44(28-11-5-3-6-12-28)29-13-7-4-8-14-29/h5-30H,1-4H3;1-26H;3-26H,1-2H3. The minimum atomic E-state index is -0.0752. The summed E-state index contributed by atoms with van der Waals surface area (Å²) < 4.78 is 16.5. The van der Waals surface area contributed by atoms with E-state index in [0.717, 1.165) is 78.8 Å². The fourth-order valence-electron chi connectivity index (χ4n) is 27.5. The van der Waals surface area contributed by atoms with Crippen LogP contribution in [-0.2, 0) is 16.2 Å². The lowest BCUT2D eigenvalue weighted by molar-refractivity contribution is 0.660. The average Bonchev–Trinajstić information content (AvgIpc) is 1.51. The van der Waals surface area contributed by atoms with Crippen LogP contribution in [0.15, 0.2) is 465 Å². The Bertz CT molecular complexity index is 10700. The molecular weight excluding hydrogens is 1830 g/mol. The van der Waals surface area contributed by atoms with Gasteiger partial charge in [0.05, 0.1) is 33.1 Å². The Morgan fingerprint density at radius 3 is 1.08 bits per heavy atom. The van der Waals surface area contributed by atoms with Gasteiger partial charge in [-0.2, -0.15) is 0 Å². The monoisotopic (exact) mass is 1920 g/mol. The molecule has 0 saturated carbocycles. The number of aromatic nitrogens is 3. The molecule has 0 amide bonds. The molecule has 0 saturated heterocycles. The first-order valence-corrected chi connectivity index (χ1v) is 52.8. The van der Waals surface area contributed by atoms with Gasteiger partial charge in [-0.25, -0.2) is 0 Å². The molecule has 28 aromatic rings. The van der Waals surface area contributed by atoms with Crippen molar-refractivity contribution >= 4 is 202 Å². The second kappa shape index (κ2) is 30.9. The van der Waals surface area contributed by atoms with Crippen LogP contribution in [0.3, 0.4) is 0 Å². The van der Waals surface area contributed by atoms with E-state index in [-0.39, 0.29) is 16.2 Å². The molecular formula is C141H94N6OS. The molecule has 6 aliphatic carbocycles. The molecule has 23 aromatic carbocycles. The summed E-state index contributed by atoms with van der Waals surface area (Å²) >= 11 is 1.90. The summed E-state index contributed by atoms with van der Waals surface area (Å²) in [7, 11) is 0. The molecule has 34 rings (SSSR count). The van der Waals surface area contributed by atoms with Crippen LogP contribution < -0.4 is 14.7 Å². The van der Waals surface area contributed by atoms with E-state index in [4.69, 9.17) is 4.42 Å². The zero-order valence-corrected chi connectivity index (χ0v) is 83.7. The first-order chi connectivity index (χ1) is 73.2. The Hall–Kier alpha value is -18.3. The van der Waals surface area contributed by atoms with E-state index in [1.165, 1.54) is 229 Å². The lowest BCUT2D eigenvalue weighted by Gasteiger charge is -2.28. The van der Waals surface area contributed by atoms with E-state index in [9.17, 15) is 0 Å². The van der Waals surface area contributed by atoms with Crippen molar-refractivity contribution in [1.29, 1.82) is 0 Å². The topological polar surface area (TPSA) is 37.6 Å². The number of hydrogen-bond donors (Lipinski definition) is 0. The Labute approximate surface area is 864 Å². The van der Waals surface area contributed by atoms with Crippen LogP contribution in [0.2, 0.25) is 0 Å². The van der Waals surface area contributed by atoms with Gasteiger partial charge >= 0.3 is 0 Å². The lowest BCUT2D eigenvalue weighted by atomic mass is 9.81. The lowest BCUT2D eigenvalue weighted by Crippen LogP contribution is -2.16. The molecule has 0 bridgehead atoms. The van der Waals surface area contributed by atoms with Crippen LogP contribution in [0.4, 0.5) is 51.2 Å². The van der Waals surface area contributed by atoms with Crippen LogP contribution in [0.1, 0.15) is 74.9 Å². The SMILES string of the molecule is CC1(C)c2cccc3c2-c2c1ccc1ccc4c(c21)c1c-3cccc1n4-c1ccc(N(c2ccccc2)c2ccccc2)cc1.CC1(C)c2ccccc2-c2ccc(N(c3ccccc3)c3ccc(-n4c5cccc6c5c5c7c8c(ccc7ccc54)C(C)(C)c4cccc-6c4-8)cc3)cc21.c1ccc(N(c2cccc(-n3c4cccc5c4c4c6c(ccc7sc8cccc-5c8c76)ccc43)c2)c2ccc3c(c2)oc2ccccc23)cc1. The number of thiophene rings is 1. The smallest absolute Gasteiger partial charge is 0.137 e. The van der Waals surface area contributed by atoms with Crippen molar-refractivity contribution in [2.24, 2.45) is 0 Å². The molecule has 8 heteroatoms. The van der Waals surface area contributed by atoms with Gasteiger partial charge < -0.3 is 32.8 Å². The van der Waals surface area contributed by atoms with Crippen molar-refractivity contribution in [3.8, 4) is 83.8 Å². The summed E-state index contributed by atoms with van der Waals surface area (Å²) in [5, 5.41) is 21.2.